The van der Waals surface area contributed by atoms with E-state index in [1.807, 2.05) is 24.3 Å². The van der Waals surface area contributed by atoms with Gasteiger partial charge in [-0.1, -0.05) is 18.2 Å². The third-order valence-corrected chi connectivity index (χ3v) is 3.48. The fourth-order valence-electron chi connectivity index (χ4n) is 2.46. The lowest BCUT2D eigenvalue weighted by Crippen LogP contribution is -2.31. The summed E-state index contributed by atoms with van der Waals surface area (Å²) in [5.74, 6) is 0.841. The molecule has 0 saturated carbocycles. The van der Waals surface area contributed by atoms with Crippen LogP contribution in [0.25, 0.3) is 0 Å². The first-order valence-corrected chi connectivity index (χ1v) is 6.26. The van der Waals surface area contributed by atoms with E-state index in [9.17, 15) is 0 Å². The fraction of sp³-hybridized carbons (Fsp3) is 0.200. The van der Waals surface area contributed by atoms with Crippen LogP contribution in [0.1, 0.15) is 16.8 Å². The van der Waals surface area contributed by atoms with E-state index >= 15 is 0 Å². The normalized spacial score (nSPS) is 13.7. The minimum absolute atomic E-state index is 0.448. The number of pyridine rings is 1. The molecule has 3 rings (SSSR count). The van der Waals surface area contributed by atoms with Crippen LogP contribution in [-0.2, 0) is 13.0 Å². The molecule has 4 nitrogen and oxygen atoms in total. The average Bonchev–Trinajstić information content (AvgIpc) is 2.47. The van der Waals surface area contributed by atoms with Crippen LogP contribution in [0.3, 0.4) is 0 Å². The highest BCUT2D eigenvalue weighted by Crippen LogP contribution is 2.26. The summed E-state index contributed by atoms with van der Waals surface area (Å²) in [5.41, 5.74) is 9.81. The molecule has 1 aliphatic rings. The molecule has 19 heavy (non-hydrogen) atoms. The highest BCUT2D eigenvalue weighted by Gasteiger charge is 2.19. The first-order chi connectivity index (χ1) is 9.28. The molecule has 0 aliphatic carbocycles. The molecule has 0 bridgehead atoms. The quantitative estimate of drug-likeness (QED) is 0.787. The molecule has 0 saturated heterocycles. The summed E-state index contributed by atoms with van der Waals surface area (Å²) >= 11 is 0. The van der Waals surface area contributed by atoms with Crippen LogP contribution in [0.4, 0.5) is 11.5 Å². The second-order valence-corrected chi connectivity index (χ2v) is 4.65. The van der Waals surface area contributed by atoms with Crippen LogP contribution >= 0.6 is 0 Å². The number of nitrogen functional groups attached to an aromatic ring is 1. The molecule has 4 heteroatoms. The number of rotatable bonds is 1. The van der Waals surface area contributed by atoms with E-state index in [0.717, 1.165) is 31.0 Å². The Kier molecular flexibility index (Phi) is 2.81. The van der Waals surface area contributed by atoms with Gasteiger partial charge < -0.3 is 10.6 Å². The van der Waals surface area contributed by atoms with E-state index in [1.165, 1.54) is 11.1 Å². The van der Waals surface area contributed by atoms with E-state index in [4.69, 9.17) is 11.0 Å². The minimum Gasteiger partial charge on any atom is -0.398 e. The van der Waals surface area contributed by atoms with Crippen molar-refractivity contribution in [2.75, 3.05) is 17.2 Å². The van der Waals surface area contributed by atoms with Gasteiger partial charge in [-0.05, 0) is 35.7 Å². The Labute approximate surface area is 112 Å². The Hall–Kier alpha value is -2.54. The lowest BCUT2D eigenvalue weighted by Gasteiger charge is -2.30. The Morgan fingerprint density at radius 2 is 2.05 bits per heavy atom. The Bertz CT molecular complexity index is 657. The first kappa shape index (κ1) is 11.5. The highest BCUT2D eigenvalue weighted by atomic mass is 15.2. The lowest BCUT2D eigenvalue weighted by atomic mass is 9.98. The summed E-state index contributed by atoms with van der Waals surface area (Å²) in [4.78, 5) is 6.51. The molecule has 2 heterocycles. The summed E-state index contributed by atoms with van der Waals surface area (Å²) in [7, 11) is 0. The standard InChI is InChI=1S/C15H14N4/c16-9-12-4-2-6-15(18-12)19-8-7-11-3-1-5-14(17)13(11)10-19/h1-6H,7-8,10,17H2. The number of nitrogens with two attached hydrogens (primary N) is 1. The zero-order valence-corrected chi connectivity index (χ0v) is 10.5. The fourth-order valence-corrected chi connectivity index (χ4v) is 2.46. The van der Waals surface area contributed by atoms with Gasteiger partial charge in [-0.25, -0.2) is 4.98 Å². The predicted octanol–water partition coefficient (Wildman–Crippen LogP) is 2.10. The second kappa shape index (κ2) is 4.62. The average molecular weight is 250 g/mol. The van der Waals surface area contributed by atoms with Crippen molar-refractivity contribution in [1.82, 2.24) is 4.98 Å². The van der Waals surface area contributed by atoms with Crippen molar-refractivity contribution in [2.24, 2.45) is 0 Å². The molecule has 0 spiro atoms. The van der Waals surface area contributed by atoms with Crippen molar-refractivity contribution in [3.63, 3.8) is 0 Å². The number of nitriles is 1. The molecule has 2 N–H and O–H groups in total. The van der Waals surface area contributed by atoms with Gasteiger partial charge in [-0.3, -0.25) is 0 Å². The van der Waals surface area contributed by atoms with Gasteiger partial charge in [0.15, 0.2) is 0 Å². The van der Waals surface area contributed by atoms with E-state index in [0.29, 0.717) is 5.69 Å². The van der Waals surface area contributed by atoms with E-state index in [1.54, 1.807) is 6.07 Å². The number of fused-ring (bicyclic) bond motifs is 1. The van der Waals surface area contributed by atoms with Crippen molar-refractivity contribution in [2.45, 2.75) is 13.0 Å². The molecular formula is C15H14N4. The van der Waals surface area contributed by atoms with Crippen molar-refractivity contribution in [3.05, 3.63) is 53.2 Å². The van der Waals surface area contributed by atoms with Gasteiger partial charge >= 0.3 is 0 Å². The molecule has 1 aromatic heterocycles. The maximum absolute atomic E-state index is 8.91. The summed E-state index contributed by atoms with van der Waals surface area (Å²) in [5, 5.41) is 8.91. The predicted molar refractivity (Wildman–Crippen MR) is 74.6 cm³/mol. The molecular weight excluding hydrogens is 236 g/mol. The zero-order chi connectivity index (χ0) is 13.2. The maximum atomic E-state index is 8.91. The van der Waals surface area contributed by atoms with Gasteiger partial charge in [0.1, 0.15) is 17.6 Å². The molecule has 0 radical (unpaired) electrons. The van der Waals surface area contributed by atoms with Gasteiger partial charge in [0.2, 0.25) is 0 Å². The zero-order valence-electron chi connectivity index (χ0n) is 10.5. The molecule has 0 unspecified atom stereocenters. The van der Waals surface area contributed by atoms with E-state index in [-0.39, 0.29) is 0 Å². The SMILES string of the molecule is N#Cc1cccc(N2CCc3cccc(N)c3C2)n1. The Morgan fingerprint density at radius 3 is 2.89 bits per heavy atom. The van der Waals surface area contributed by atoms with Crippen LogP contribution in [0.15, 0.2) is 36.4 Å². The number of hydrogen-bond donors (Lipinski definition) is 1. The smallest absolute Gasteiger partial charge is 0.142 e. The molecule has 1 aliphatic heterocycles. The highest BCUT2D eigenvalue weighted by molar-refractivity contribution is 5.55. The monoisotopic (exact) mass is 250 g/mol. The Balaban J connectivity index is 1.93. The van der Waals surface area contributed by atoms with Crippen molar-refractivity contribution in [3.8, 4) is 6.07 Å². The number of aromatic nitrogens is 1. The van der Waals surface area contributed by atoms with Crippen LogP contribution in [0.5, 0.6) is 0 Å². The summed E-state index contributed by atoms with van der Waals surface area (Å²) in [6, 6.07) is 13.7. The number of anilines is 2. The van der Waals surface area contributed by atoms with Crippen LogP contribution < -0.4 is 10.6 Å². The first-order valence-electron chi connectivity index (χ1n) is 6.26. The topological polar surface area (TPSA) is 65.9 Å². The molecule has 1 aromatic carbocycles. The molecule has 0 fully saturated rings. The van der Waals surface area contributed by atoms with E-state index < -0.39 is 0 Å². The van der Waals surface area contributed by atoms with Crippen molar-refractivity contribution in [1.29, 1.82) is 5.26 Å². The molecule has 94 valence electrons. The third kappa shape index (κ3) is 2.11. The second-order valence-electron chi connectivity index (χ2n) is 4.65. The van der Waals surface area contributed by atoms with E-state index in [2.05, 4.69) is 22.0 Å². The summed E-state index contributed by atoms with van der Waals surface area (Å²) in [6.45, 7) is 1.65. The third-order valence-electron chi connectivity index (χ3n) is 3.48. The van der Waals surface area contributed by atoms with Crippen LogP contribution in [0.2, 0.25) is 0 Å². The molecule has 2 aromatic rings. The summed E-state index contributed by atoms with van der Waals surface area (Å²) < 4.78 is 0. The molecule has 0 amide bonds. The largest absolute Gasteiger partial charge is 0.398 e. The molecule has 0 atom stereocenters. The number of benzene rings is 1. The summed E-state index contributed by atoms with van der Waals surface area (Å²) in [6.07, 6.45) is 0.957. The lowest BCUT2D eigenvalue weighted by molar-refractivity contribution is 0.722. The maximum Gasteiger partial charge on any atom is 0.142 e. The van der Waals surface area contributed by atoms with Gasteiger partial charge in [0, 0.05) is 18.8 Å². The van der Waals surface area contributed by atoms with Gasteiger partial charge in [-0.15, -0.1) is 0 Å². The number of nitrogens with zero attached hydrogens (tertiary/aromatic N) is 3. The van der Waals surface area contributed by atoms with Crippen LogP contribution in [0, 0.1) is 11.3 Å². The van der Waals surface area contributed by atoms with Crippen LogP contribution in [-0.4, -0.2) is 11.5 Å². The van der Waals surface area contributed by atoms with Gasteiger partial charge in [0.25, 0.3) is 0 Å². The number of hydrogen-bond acceptors (Lipinski definition) is 4. The van der Waals surface area contributed by atoms with Gasteiger partial charge in [-0.2, -0.15) is 5.26 Å². The Morgan fingerprint density at radius 1 is 1.21 bits per heavy atom. The minimum atomic E-state index is 0.448. The van der Waals surface area contributed by atoms with Crippen molar-refractivity contribution < 1.29 is 0 Å². The van der Waals surface area contributed by atoms with Gasteiger partial charge in [0.05, 0.1) is 0 Å². The van der Waals surface area contributed by atoms with Crippen molar-refractivity contribution >= 4 is 11.5 Å².